The average Bonchev–Trinajstić information content (AvgIpc) is 3.07. The molecule has 3 rings (SSSR count). The van der Waals surface area contributed by atoms with Crippen molar-refractivity contribution in [2.75, 3.05) is 13.1 Å². The van der Waals surface area contributed by atoms with Crippen LogP contribution in [-0.4, -0.2) is 44.7 Å². The fourth-order valence-corrected chi connectivity index (χ4v) is 3.29. The molecule has 6 heteroatoms. The Bertz CT molecular complexity index is 704. The lowest BCUT2D eigenvalue weighted by atomic mass is 9.92. The third-order valence-corrected chi connectivity index (χ3v) is 4.88. The van der Waals surface area contributed by atoms with E-state index in [9.17, 15) is 9.90 Å². The lowest BCUT2D eigenvalue weighted by molar-refractivity contribution is -0.151. The molecule has 6 nitrogen and oxygen atoms in total. The summed E-state index contributed by atoms with van der Waals surface area (Å²) in [6, 6.07) is 9.92. The molecule has 1 saturated heterocycles. The van der Waals surface area contributed by atoms with Gasteiger partial charge in [-0.15, -0.1) is 0 Å². The van der Waals surface area contributed by atoms with E-state index in [1.807, 2.05) is 30.3 Å². The Morgan fingerprint density at radius 1 is 1.32 bits per heavy atom. The Morgan fingerprint density at radius 2 is 2.00 bits per heavy atom. The summed E-state index contributed by atoms with van der Waals surface area (Å²) in [5, 5.41) is 14.5. The minimum atomic E-state index is -1.34. The standard InChI is InChI=1S/C19H25N3O3/c1-14-20-17(25-21-14)16-9-12-22(13-10-16)18(23)19(2,24)11-8-15-6-4-3-5-7-15/h3-7,16,24H,8-13H2,1-2H3. The third kappa shape index (κ3) is 4.25. The number of likely N-dealkylation sites (tertiary alicyclic amines) is 1. The van der Waals surface area contributed by atoms with Crippen LogP contribution in [0.15, 0.2) is 34.9 Å². The predicted octanol–water partition coefficient (Wildman–Crippen LogP) is 2.47. The third-order valence-electron chi connectivity index (χ3n) is 4.88. The van der Waals surface area contributed by atoms with Crippen LogP contribution in [0.5, 0.6) is 0 Å². The number of rotatable bonds is 5. The molecule has 1 aromatic heterocycles. The van der Waals surface area contributed by atoms with Crippen LogP contribution in [0.3, 0.4) is 0 Å². The first kappa shape index (κ1) is 17.6. The molecule has 1 atom stereocenters. The topological polar surface area (TPSA) is 79.5 Å². The molecule has 1 N–H and O–H groups in total. The molecule has 2 aromatic rings. The zero-order valence-corrected chi connectivity index (χ0v) is 14.8. The first-order chi connectivity index (χ1) is 12.0. The number of piperidine rings is 1. The number of aliphatic hydroxyl groups is 1. The summed E-state index contributed by atoms with van der Waals surface area (Å²) in [5.74, 6) is 1.29. The summed E-state index contributed by atoms with van der Waals surface area (Å²) < 4.78 is 5.24. The molecule has 0 saturated carbocycles. The number of nitrogens with zero attached hydrogens (tertiary/aromatic N) is 3. The predicted molar refractivity (Wildman–Crippen MR) is 93.0 cm³/mol. The number of hydrogen-bond acceptors (Lipinski definition) is 5. The summed E-state index contributed by atoms with van der Waals surface area (Å²) >= 11 is 0. The number of aryl methyl sites for hydroxylation is 2. The highest BCUT2D eigenvalue weighted by Crippen LogP contribution is 2.28. The smallest absolute Gasteiger partial charge is 0.254 e. The molecule has 1 aliphatic rings. The number of carbonyl (C=O) groups excluding carboxylic acids is 1. The summed E-state index contributed by atoms with van der Waals surface area (Å²) in [5.41, 5.74) is -0.218. The molecule has 1 amide bonds. The van der Waals surface area contributed by atoms with Gasteiger partial charge in [0.2, 0.25) is 5.89 Å². The Balaban J connectivity index is 1.54. The van der Waals surface area contributed by atoms with Crippen LogP contribution >= 0.6 is 0 Å². The molecule has 0 radical (unpaired) electrons. The van der Waals surface area contributed by atoms with E-state index in [1.165, 1.54) is 0 Å². The monoisotopic (exact) mass is 343 g/mol. The van der Waals surface area contributed by atoms with E-state index in [-0.39, 0.29) is 11.8 Å². The van der Waals surface area contributed by atoms with Crippen molar-refractivity contribution in [1.29, 1.82) is 0 Å². The second-order valence-electron chi connectivity index (χ2n) is 7.01. The summed E-state index contributed by atoms with van der Waals surface area (Å²) in [7, 11) is 0. The van der Waals surface area contributed by atoms with Crippen molar-refractivity contribution in [2.45, 2.75) is 51.0 Å². The maximum Gasteiger partial charge on any atom is 0.254 e. The van der Waals surface area contributed by atoms with Gasteiger partial charge >= 0.3 is 0 Å². The van der Waals surface area contributed by atoms with Gasteiger partial charge in [-0.1, -0.05) is 35.5 Å². The second-order valence-corrected chi connectivity index (χ2v) is 7.01. The highest BCUT2D eigenvalue weighted by Gasteiger charge is 2.36. The number of hydrogen-bond donors (Lipinski definition) is 1. The van der Waals surface area contributed by atoms with Crippen molar-refractivity contribution in [3.63, 3.8) is 0 Å². The van der Waals surface area contributed by atoms with Crippen molar-refractivity contribution in [1.82, 2.24) is 15.0 Å². The highest BCUT2D eigenvalue weighted by atomic mass is 16.5. The lowest BCUT2D eigenvalue weighted by Crippen LogP contribution is -2.50. The quantitative estimate of drug-likeness (QED) is 0.902. The Morgan fingerprint density at radius 3 is 2.60 bits per heavy atom. The van der Waals surface area contributed by atoms with Gasteiger partial charge in [-0.2, -0.15) is 4.98 Å². The van der Waals surface area contributed by atoms with Crippen LogP contribution in [0.25, 0.3) is 0 Å². The van der Waals surface area contributed by atoms with Gasteiger partial charge in [0.1, 0.15) is 5.60 Å². The first-order valence-corrected chi connectivity index (χ1v) is 8.81. The molecule has 0 bridgehead atoms. The van der Waals surface area contributed by atoms with E-state index < -0.39 is 5.60 Å². The molecule has 1 aromatic carbocycles. The molecule has 1 fully saturated rings. The summed E-state index contributed by atoms with van der Waals surface area (Å²) in [6.07, 6.45) is 2.65. The van der Waals surface area contributed by atoms with Crippen molar-refractivity contribution in [3.05, 3.63) is 47.6 Å². The van der Waals surface area contributed by atoms with E-state index in [2.05, 4.69) is 10.1 Å². The minimum absolute atomic E-state index is 0.191. The maximum atomic E-state index is 12.7. The van der Waals surface area contributed by atoms with E-state index in [1.54, 1.807) is 18.7 Å². The molecule has 25 heavy (non-hydrogen) atoms. The van der Waals surface area contributed by atoms with Gasteiger partial charge in [-0.3, -0.25) is 4.79 Å². The molecule has 1 aliphatic heterocycles. The Kier molecular flexibility index (Phi) is 5.18. The van der Waals surface area contributed by atoms with E-state index in [0.29, 0.717) is 37.6 Å². The lowest BCUT2D eigenvalue weighted by Gasteiger charge is -2.35. The van der Waals surface area contributed by atoms with Crippen molar-refractivity contribution >= 4 is 5.91 Å². The number of amides is 1. The molecular weight excluding hydrogens is 318 g/mol. The van der Waals surface area contributed by atoms with Gasteiger partial charge in [0.05, 0.1) is 0 Å². The summed E-state index contributed by atoms with van der Waals surface area (Å²) in [6.45, 7) is 4.63. The van der Waals surface area contributed by atoms with Crippen LogP contribution in [-0.2, 0) is 11.2 Å². The molecule has 134 valence electrons. The zero-order chi connectivity index (χ0) is 17.9. The van der Waals surface area contributed by atoms with Gasteiger partial charge < -0.3 is 14.5 Å². The van der Waals surface area contributed by atoms with Crippen LogP contribution in [0.2, 0.25) is 0 Å². The van der Waals surface area contributed by atoms with E-state index in [0.717, 1.165) is 18.4 Å². The molecule has 1 unspecified atom stereocenters. The molecule has 0 aliphatic carbocycles. The largest absolute Gasteiger partial charge is 0.380 e. The van der Waals surface area contributed by atoms with Gasteiger partial charge in [-0.05, 0) is 45.1 Å². The number of carbonyl (C=O) groups is 1. The average molecular weight is 343 g/mol. The Labute approximate surface area is 147 Å². The molecule has 0 spiro atoms. The Hall–Kier alpha value is -2.21. The number of benzene rings is 1. The van der Waals surface area contributed by atoms with Gasteiger partial charge in [-0.25, -0.2) is 0 Å². The zero-order valence-electron chi connectivity index (χ0n) is 14.8. The number of aromatic nitrogens is 2. The molecular formula is C19H25N3O3. The van der Waals surface area contributed by atoms with Crippen LogP contribution in [0.4, 0.5) is 0 Å². The van der Waals surface area contributed by atoms with Crippen molar-refractivity contribution in [2.24, 2.45) is 0 Å². The van der Waals surface area contributed by atoms with Gasteiger partial charge in [0, 0.05) is 19.0 Å². The van der Waals surface area contributed by atoms with Crippen molar-refractivity contribution < 1.29 is 14.4 Å². The summed E-state index contributed by atoms with van der Waals surface area (Å²) in [4.78, 5) is 18.8. The second kappa shape index (κ2) is 7.35. The van der Waals surface area contributed by atoms with E-state index >= 15 is 0 Å². The highest BCUT2D eigenvalue weighted by molar-refractivity contribution is 5.84. The first-order valence-electron chi connectivity index (χ1n) is 8.81. The van der Waals surface area contributed by atoms with Gasteiger partial charge in [0.15, 0.2) is 5.82 Å². The van der Waals surface area contributed by atoms with Crippen LogP contribution < -0.4 is 0 Å². The maximum absolute atomic E-state index is 12.7. The van der Waals surface area contributed by atoms with Gasteiger partial charge in [0.25, 0.3) is 5.91 Å². The van der Waals surface area contributed by atoms with Crippen molar-refractivity contribution in [3.8, 4) is 0 Å². The molecule has 2 heterocycles. The van der Waals surface area contributed by atoms with Crippen LogP contribution in [0.1, 0.15) is 49.4 Å². The fraction of sp³-hybridized carbons (Fsp3) is 0.526. The van der Waals surface area contributed by atoms with Crippen LogP contribution in [0, 0.1) is 6.92 Å². The minimum Gasteiger partial charge on any atom is -0.380 e. The SMILES string of the molecule is Cc1noc(C2CCN(C(=O)C(C)(O)CCc3ccccc3)CC2)n1. The fourth-order valence-electron chi connectivity index (χ4n) is 3.29. The normalized spacial score (nSPS) is 18.1. The van der Waals surface area contributed by atoms with E-state index in [4.69, 9.17) is 4.52 Å².